The molecule has 0 bridgehead atoms. The predicted molar refractivity (Wildman–Crippen MR) is 51.1 cm³/mol. The zero-order valence-corrected chi connectivity index (χ0v) is 8.14. The summed E-state index contributed by atoms with van der Waals surface area (Å²) in [7, 11) is 0. The van der Waals surface area contributed by atoms with Crippen LogP contribution in [0.1, 0.15) is 58.3 Å². The van der Waals surface area contributed by atoms with Gasteiger partial charge in [0.2, 0.25) is 0 Å². The van der Waals surface area contributed by atoms with E-state index in [1.165, 1.54) is 32.1 Å². The van der Waals surface area contributed by atoms with Crippen LogP contribution < -0.4 is 0 Å². The van der Waals surface area contributed by atoms with Crippen molar-refractivity contribution in [3.8, 4) is 0 Å². The topological polar surface area (TPSA) is 17.1 Å². The van der Waals surface area contributed by atoms with Crippen molar-refractivity contribution >= 4 is 5.78 Å². The maximum Gasteiger partial charge on any atom is 0.135 e. The molecule has 0 amide bonds. The minimum Gasteiger partial charge on any atom is -0.299 e. The van der Waals surface area contributed by atoms with Crippen molar-refractivity contribution in [2.75, 3.05) is 0 Å². The first kappa shape index (κ1) is 9.76. The number of hydrogen-bond acceptors (Lipinski definition) is 1. The lowest BCUT2D eigenvalue weighted by molar-refractivity contribution is -0.123. The standard InChI is InChI=1S/C11H20O/c1-2-3-9-11(12)10-7-5-4-6-8-10/h10H,2-9H2,1H3. The summed E-state index contributed by atoms with van der Waals surface area (Å²) in [4.78, 5) is 11.6. The molecule has 0 radical (unpaired) electrons. The molecule has 0 unspecified atom stereocenters. The summed E-state index contributed by atoms with van der Waals surface area (Å²) in [6.45, 7) is 2.15. The van der Waals surface area contributed by atoms with Gasteiger partial charge in [-0.25, -0.2) is 0 Å². The van der Waals surface area contributed by atoms with E-state index >= 15 is 0 Å². The SMILES string of the molecule is CCCCC(=O)C1CCCCC1. The second kappa shape index (κ2) is 5.34. The maximum atomic E-state index is 11.6. The van der Waals surface area contributed by atoms with Crippen LogP contribution in [0.5, 0.6) is 0 Å². The second-order valence-electron chi connectivity index (χ2n) is 3.90. The highest BCUT2D eigenvalue weighted by Gasteiger charge is 2.19. The molecule has 0 heterocycles. The lowest BCUT2D eigenvalue weighted by Crippen LogP contribution is -2.17. The lowest BCUT2D eigenvalue weighted by atomic mass is 9.85. The molecule has 0 aromatic heterocycles. The summed E-state index contributed by atoms with van der Waals surface area (Å²) in [6, 6.07) is 0. The van der Waals surface area contributed by atoms with Crippen molar-refractivity contribution in [3.63, 3.8) is 0 Å². The number of Topliss-reactive ketones (excluding diaryl/α,β-unsaturated/α-hetero) is 1. The monoisotopic (exact) mass is 168 g/mol. The zero-order valence-electron chi connectivity index (χ0n) is 8.14. The molecule has 0 aliphatic heterocycles. The van der Waals surface area contributed by atoms with Crippen LogP contribution in [0.2, 0.25) is 0 Å². The molecule has 1 aliphatic carbocycles. The number of hydrogen-bond donors (Lipinski definition) is 0. The Morgan fingerprint density at radius 3 is 2.50 bits per heavy atom. The van der Waals surface area contributed by atoms with E-state index in [0.29, 0.717) is 11.7 Å². The molecule has 70 valence electrons. The van der Waals surface area contributed by atoms with Crippen molar-refractivity contribution in [2.45, 2.75) is 58.3 Å². The molecular formula is C11H20O. The van der Waals surface area contributed by atoms with E-state index in [1.807, 2.05) is 0 Å². The highest BCUT2D eigenvalue weighted by molar-refractivity contribution is 5.80. The Bertz CT molecular complexity index is 134. The van der Waals surface area contributed by atoms with Crippen LogP contribution in [-0.2, 0) is 4.79 Å². The molecule has 0 N–H and O–H groups in total. The number of carbonyl (C=O) groups excluding carboxylic acids is 1. The molecule has 0 saturated heterocycles. The van der Waals surface area contributed by atoms with Crippen LogP contribution in [0.4, 0.5) is 0 Å². The van der Waals surface area contributed by atoms with E-state index in [4.69, 9.17) is 0 Å². The Kier molecular flexibility index (Phi) is 4.34. The number of ketones is 1. The Labute approximate surface area is 75.5 Å². The van der Waals surface area contributed by atoms with Gasteiger partial charge < -0.3 is 0 Å². The largest absolute Gasteiger partial charge is 0.299 e. The third-order valence-corrected chi connectivity index (χ3v) is 2.84. The Hall–Kier alpha value is -0.330. The van der Waals surface area contributed by atoms with E-state index in [9.17, 15) is 4.79 Å². The molecule has 0 aromatic rings. The van der Waals surface area contributed by atoms with E-state index in [-0.39, 0.29) is 0 Å². The third kappa shape index (κ3) is 2.96. The number of carbonyl (C=O) groups is 1. The van der Waals surface area contributed by atoms with Gasteiger partial charge in [-0.05, 0) is 19.3 Å². The predicted octanol–water partition coefficient (Wildman–Crippen LogP) is 3.33. The fourth-order valence-electron chi connectivity index (χ4n) is 1.98. The molecule has 12 heavy (non-hydrogen) atoms. The number of rotatable bonds is 4. The summed E-state index contributed by atoms with van der Waals surface area (Å²) in [5.41, 5.74) is 0. The first-order chi connectivity index (χ1) is 5.84. The Balaban J connectivity index is 2.20. The third-order valence-electron chi connectivity index (χ3n) is 2.84. The van der Waals surface area contributed by atoms with E-state index in [2.05, 4.69) is 6.92 Å². The average molecular weight is 168 g/mol. The molecule has 1 heteroatoms. The highest BCUT2D eigenvalue weighted by atomic mass is 16.1. The lowest BCUT2D eigenvalue weighted by Gasteiger charge is -2.19. The van der Waals surface area contributed by atoms with Gasteiger partial charge in [0.15, 0.2) is 0 Å². The minimum absolute atomic E-state index is 0.435. The summed E-state index contributed by atoms with van der Waals surface area (Å²) >= 11 is 0. The van der Waals surface area contributed by atoms with Crippen LogP contribution in [-0.4, -0.2) is 5.78 Å². The van der Waals surface area contributed by atoms with Crippen LogP contribution in [0.15, 0.2) is 0 Å². The summed E-state index contributed by atoms with van der Waals surface area (Å²) < 4.78 is 0. The van der Waals surface area contributed by atoms with Crippen LogP contribution >= 0.6 is 0 Å². The van der Waals surface area contributed by atoms with Gasteiger partial charge in [0.1, 0.15) is 5.78 Å². The highest BCUT2D eigenvalue weighted by Crippen LogP contribution is 2.25. The molecule has 1 nitrogen and oxygen atoms in total. The zero-order chi connectivity index (χ0) is 8.81. The molecule has 0 atom stereocenters. The number of unbranched alkanes of at least 4 members (excludes halogenated alkanes) is 1. The first-order valence-corrected chi connectivity index (χ1v) is 5.37. The molecule has 0 spiro atoms. The summed E-state index contributed by atoms with van der Waals surface area (Å²) in [5, 5.41) is 0. The fraction of sp³-hybridized carbons (Fsp3) is 0.909. The van der Waals surface area contributed by atoms with Crippen LogP contribution in [0.3, 0.4) is 0 Å². The fourth-order valence-corrected chi connectivity index (χ4v) is 1.98. The van der Waals surface area contributed by atoms with Crippen molar-refractivity contribution in [2.24, 2.45) is 5.92 Å². The first-order valence-electron chi connectivity index (χ1n) is 5.37. The van der Waals surface area contributed by atoms with Gasteiger partial charge in [-0.1, -0.05) is 32.6 Å². The van der Waals surface area contributed by atoms with Crippen molar-refractivity contribution in [3.05, 3.63) is 0 Å². The molecule has 1 saturated carbocycles. The normalized spacial score (nSPS) is 19.4. The molecular weight excluding hydrogens is 148 g/mol. The minimum atomic E-state index is 0.435. The van der Waals surface area contributed by atoms with Gasteiger partial charge in [-0.3, -0.25) is 4.79 Å². The second-order valence-corrected chi connectivity index (χ2v) is 3.90. The Morgan fingerprint density at radius 2 is 1.92 bits per heavy atom. The molecule has 1 fully saturated rings. The van der Waals surface area contributed by atoms with E-state index in [0.717, 1.165) is 19.3 Å². The average Bonchev–Trinajstić information content (AvgIpc) is 2.15. The maximum absolute atomic E-state index is 11.6. The van der Waals surface area contributed by atoms with Gasteiger partial charge >= 0.3 is 0 Å². The van der Waals surface area contributed by atoms with Gasteiger partial charge in [-0.2, -0.15) is 0 Å². The van der Waals surface area contributed by atoms with Crippen molar-refractivity contribution in [1.29, 1.82) is 0 Å². The molecule has 0 aromatic carbocycles. The molecule has 1 rings (SSSR count). The summed E-state index contributed by atoms with van der Waals surface area (Å²) in [6.07, 6.45) is 9.32. The van der Waals surface area contributed by atoms with Crippen molar-refractivity contribution in [1.82, 2.24) is 0 Å². The molecule has 1 aliphatic rings. The van der Waals surface area contributed by atoms with Crippen LogP contribution in [0, 0.1) is 5.92 Å². The van der Waals surface area contributed by atoms with E-state index < -0.39 is 0 Å². The Morgan fingerprint density at radius 1 is 1.25 bits per heavy atom. The van der Waals surface area contributed by atoms with Gasteiger partial charge in [0.25, 0.3) is 0 Å². The van der Waals surface area contributed by atoms with Crippen molar-refractivity contribution < 1.29 is 4.79 Å². The van der Waals surface area contributed by atoms with Gasteiger partial charge in [0.05, 0.1) is 0 Å². The quantitative estimate of drug-likeness (QED) is 0.629. The van der Waals surface area contributed by atoms with E-state index in [1.54, 1.807) is 0 Å². The van der Waals surface area contributed by atoms with Gasteiger partial charge in [-0.15, -0.1) is 0 Å². The van der Waals surface area contributed by atoms with Crippen LogP contribution in [0.25, 0.3) is 0 Å². The summed E-state index contributed by atoms with van der Waals surface area (Å²) in [5.74, 6) is 0.974. The van der Waals surface area contributed by atoms with Gasteiger partial charge in [0, 0.05) is 12.3 Å². The smallest absolute Gasteiger partial charge is 0.135 e.